The average Bonchev–Trinajstić information content (AvgIpc) is 2.00. The number of halogens is 3. The maximum atomic E-state index is 10.4. The van der Waals surface area contributed by atoms with Crippen molar-refractivity contribution < 1.29 is 4.92 Å². The van der Waals surface area contributed by atoms with Crippen LogP contribution < -0.4 is 0 Å². The van der Waals surface area contributed by atoms with E-state index in [4.69, 9.17) is 11.6 Å². The summed E-state index contributed by atoms with van der Waals surface area (Å²) in [6.07, 6.45) is 0. The Bertz CT molecular complexity index is 343. The minimum absolute atomic E-state index is 0.105. The summed E-state index contributed by atoms with van der Waals surface area (Å²) < 4.78 is 1.19. The molecule has 0 aromatic heterocycles. The van der Waals surface area contributed by atoms with Gasteiger partial charge in [-0.3, -0.25) is 10.1 Å². The van der Waals surface area contributed by atoms with E-state index in [2.05, 4.69) is 31.9 Å². The fraction of sp³-hybridized carbons (Fsp3) is 0. The Hall–Kier alpha value is -0.130. The highest BCUT2D eigenvalue weighted by atomic mass is 79.9. The largest absolute Gasteiger partial charge is 0.289 e. The Morgan fingerprint density at radius 2 is 2.00 bits per heavy atom. The van der Waals surface area contributed by atoms with E-state index < -0.39 is 4.92 Å². The number of nitro groups is 1. The Morgan fingerprint density at radius 3 is 2.50 bits per heavy atom. The summed E-state index contributed by atoms with van der Waals surface area (Å²) in [5.74, 6) is 0. The maximum Gasteiger partial charge on any atom is 0.289 e. The maximum absolute atomic E-state index is 10.4. The Labute approximate surface area is 90.1 Å². The zero-order valence-corrected chi connectivity index (χ0v) is 9.48. The SMILES string of the molecule is O=[N+]([O-])c1ccc(Br)c(Br)c1Cl. The molecule has 1 rings (SSSR count). The quantitative estimate of drug-likeness (QED) is 0.450. The lowest BCUT2D eigenvalue weighted by Crippen LogP contribution is -1.89. The molecular weight excluding hydrogens is 313 g/mol. The van der Waals surface area contributed by atoms with Gasteiger partial charge in [0.1, 0.15) is 5.02 Å². The van der Waals surface area contributed by atoms with Gasteiger partial charge in [0.15, 0.2) is 0 Å². The molecule has 3 nitrogen and oxygen atoms in total. The average molecular weight is 315 g/mol. The summed E-state index contributed by atoms with van der Waals surface area (Å²) in [6.45, 7) is 0. The van der Waals surface area contributed by atoms with Crippen LogP contribution in [0.5, 0.6) is 0 Å². The van der Waals surface area contributed by atoms with E-state index in [9.17, 15) is 10.1 Å². The van der Waals surface area contributed by atoms with Crippen molar-refractivity contribution in [1.82, 2.24) is 0 Å². The van der Waals surface area contributed by atoms with Crippen LogP contribution in [0.25, 0.3) is 0 Å². The fourth-order valence-corrected chi connectivity index (χ4v) is 1.67. The molecular formula is C6H2Br2ClNO2. The minimum atomic E-state index is -0.528. The van der Waals surface area contributed by atoms with Crippen LogP contribution in [0.4, 0.5) is 5.69 Å². The van der Waals surface area contributed by atoms with E-state index in [1.54, 1.807) is 6.07 Å². The topological polar surface area (TPSA) is 43.1 Å². The number of benzene rings is 1. The molecule has 64 valence electrons. The fourth-order valence-electron chi connectivity index (χ4n) is 0.657. The molecule has 1 aromatic carbocycles. The lowest BCUT2D eigenvalue weighted by molar-refractivity contribution is -0.384. The summed E-state index contributed by atoms with van der Waals surface area (Å²) in [5.41, 5.74) is -0.105. The van der Waals surface area contributed by atoms with Crippen LogP contribution in [-0.4, -0.2) is 4.92 Å². The molecule has 0 saturated carbocycles. The van der Waals surface area contributed by atoms with Gasteiger partial charge in [-0.1, -0.05) is 11.6 Å². The first kappa shape index (κ1) is 9.95. The minimum Gasteiger partial charge on any atom is -0.258 e. The monoisotopic (exact) mass is 313 g/mol. The van der Waals surface area contributed by atoms with E-state index in [0.717, 1.165) is 0 Å². The molecule has 0 fully saturated rings. The number of nitro benzene ring substituents is 1. The van der Waals surface area contributed by atoms with Crippen LogP contribution in [-0.2, 0) is 0 Å². The number of nitrogens with zero attached hydrogens (tertiary/aromatic N) is 1. The molecule has 0 saturated heterocycles. The number of rotatable bonds is 1. The van der Waals surface area contributed by atoms with E-state index in [-0.39, 0.29) is 10.7 Å². The van der Waals surface area contributed by atoms with Crippen molar-refractivity contribution in [3.8, 4) is 0 Å². The van der Waals surface area contributed by atoms with E-state index in [1.165, 1.54) is 6.07 Å². The molecule has 0 spiro atoms. The van der Waals surface area contributed by atoms with Crippen LogP contribution in [0.1, 0.15) is 0 Å². The summed E-state index contributed by atoms with van der Waals surface area (Å²) in [7, 11) is 0. The van der Waals surface area contributed by atoms with E-state index in [1.807, 2.05) is 0 Å². The van der Waals surface area contributed by atoms with Crippen LogP contribution in [0.15, 0.2) is 21.1 Å². The van der Waals surface area contributed by atoms with Crippen LogP contribution in [0.2, 0.25) is 5.02 Å². The van der Waals surface area contributed by atoms with Gasteiger partial charge >= 0.3 is 0 Å². The first-order chi connectivity index (χ1) is 5.54. The van der Waals surface area contributed by atoms with Crippen molar-refractivity contribution in [2.24, 2.45) is 0 Å². The predicted octanol–water partition coefficient (Wildman–Crippen LogP) is 3.77. The third kappa shape index (κ3) is 1.78. The highest BCUT2D eigenvalue weighted by Crippen LogP contribution is 2.36. The van der Waals surface area contributed by atoms with E-state index >= 15 is 0 Å². The van der Waals surface area contributed by atoms with Crippen LogP contribution in [0, 0.1) is 10.1 Å². The normalized spacial score (nSPS) is 9.92. The smallest absolute Gasteiger partial charge is 0.258 e. The first-order valence-corrected chi connectivity index (χ1v) is 4.78. The van der Waals surface area contributed by atoms with Crippen molar-refractivity contribution in [1.29, 1.82) is 0 Å². The molecule has 1 aromatic rings. The molecule has 0 atom stereocenters. The highest BCUT2D eigenvalue weighted by molar-refractivity contribution is 9.13. The van der Waals surface area contributed by atoms with Gasteiger partial charge in [0, 0.05) is 10.5 Å². The molecule has 0 amide bonds. The molecule has 6 heteroatoms. The van der Waals surface area contributed by atoms with Gasteiger partial charge in [0.2, 0.25) is 0 Å². The second-order valence-electron chi connectivity index (χ2n) is 1.95. The molecule has 12 heavy (non-hydrogen) atoms. The molecule has 0 aliphatic rings. The molecule has 0 aliphatic heterocycles. The molecule has 0 N–H and O–H groups in total. The molecule has 0 unspecified atom stereocenters. The zero-order chi connectivity index (χ0) is 9.30. The first-order valence-electron chi connectivity index (χ1n) is 2.82. The molecule has 0 heterocycles. The van der Waals surface area contributed by atoms with E-state index in [0.29, 0.717) is 8.95 Å². The Kier molecular flexibility index (Phi) is 3.09. The molecule has 0 radical (unpaired) electrons. The standard InChI is InChI=1S/C6H2Br2ClNO2/c7-3-1-2-4(10(11)12)6(9)5(3)8/h1-2H. The lowest BCUT2D eigenvalue weighted by atomic mass is 10.3. The van der Waals surface area contributed by atoms with Crippen molar-refractivity contribution in [2.45, 2.75) is 0 Å². The van der Waals surface area contributed by atoms with Gasteiger partial charge in [0.05, 0.1) is 9.40 Å². The van der Waals surface area contributed by atoms with Gasteiger partial charge in [-0.05, 0) is 37.9 Å². The summed E-state index contributed by atoms with van der Waals surface area (Å²) in [4.78, 5) is 9.84. The van der Waals surface area contributed by atoms with Crippen molar-refractivity contribution in [3.05, 3.63) is 36.2 Å². The second-order valence-corrected chi connectivity index (χ2v) is 3.98. The molecule has 0 bridgehead atoms. The zero-order valence-electron chi connectivity index (χ0n) is 5.55. The van der Waals surface area contributed by atoms with Gasteiger partial charge in [-0.15, -0.1) is 0 Å². The van der Waals surface area contributed by atoms with Crippen LogP contribution in [0.3, 0.4) is 0 Å². The predicted molar refractivity (Wildman–Crippen MR) is 53.5 cm³/mol. The molecule has 0 aliphatic carbocycles. The third-order valence-electron chi connectivity index (χ3n) is 1.21. The van der Waals surface area contributed by atoms with Crippen molar-refractivity contribution in [3.63, 3.8) is 0 Å². The summed E-state index contributed by atoms with van der Waals surface area (Å²) in [6, 6.07) is 2.91. The number of hydrogen-bond acceptors (Lipinski definition) is 2. The van der Waals surface area contributed by atoms with Gasteiger partial charge in [-0.2, -0.15) is 0 Å². The van der Waals surface area contributed by atoms with Gasteiger partial charge < -0.3 is 0 Å². The van der Waals surface area contributed by atoms with Crippen LogP contribution >= 0.6 is 43.5 Å². The number of hydrogen-bond donors (Lipinski definition) is 0. The highest BCUT2D eigenvalue weighted by Gasteiger charge is 2.16. The van der Waals surface area contributed by atoms with Gasteiger partial charge in [0.25, 0.3) is 5.69 Å². The van der Waals surface area contributed by atoms with Gasteiger partial charge in [-0.25, -0.2) is 0 Å². The second kappa shape index (κ2) is 3.72. The lowest BCUT2D eigenvalue weighted by Gasteiger charge is -1.99. The Balaban J connectivity index is 3.36. The van der Waals surface area contributed by atoms with Crippen molar-refractivity contribution >= 4 is 49.1 Å². The summed E-state index contributed by atoms with van der Waals surface area (Å²) in [5, 5.41) is 10.5. The third-order valence-corrected chi connectivity index (χ3v) is 3.84. The van der Waals surface area contributed by atoms with Crippen molar-refractivity contribution in [2.75, 3.05) is 0 Å². The Morgan fingerprint density at radius 1 is 1.42 bits per heavy atom. The summed E-state index contributed by atoms with van der Waals surface area (Å²) >= 11 is 12.0.